The largest absolute Gasteiger partial charge is 0.455 e. The van der Waals surface area contributed by atoms with Gasteiger partial charge in [0.2, 0.25) is 0 Å². The molecule has 0 saturated heterocycles. The normalized spacial score (nSPS) is 10.0. The van der Waals surface area contributed by atoms with Crippen molar-refractivity contribution in [3.8, 4) is 11.5 Å². The third-order valence-electron chi connectivity index (χ3n) is 2.00. The number of halogens is 1. The molecule has 0 spiro atoms. The van der Waals surface area contributed by atoms with Crippen molar-refractivity contribution >= 4 is 0 Å². The lowest BCUT2D eigenvalue weighted by atomic mass is 10.3. The molecule has 0 unspecified atom stereocenters. The van der Waals surface area contributed by atoms with Crippen LogP contribution in [-0.2, 0) is 0 Å². The minimum Gasteiger partial charge on any atom is -0.455 e. The molecule has 1 aromatic carbocycles. The van der Waals surface area contributed by atoms with Gasteiger partial charge < -0.3 is 4.74 Å². The fourth-order valence-corrected chi connectivity index (χ4v) is 1.21. The van der Waals surface area contributed by atoms with Crippen LogP contribution >= 0.6 is 0 Å². The first-order chi connectivity index (χ1) is 7.25. The lowest BCUT2D eigenvalue weighted by molar-refractivity contribution is 0.474. The number of ether oxygens (including phenoxy) is 1. The number of hydrogen-bond acceptors (Lipinski definition) is 2. The van der Waals surface area contributed by atoms with E-state index in [-0.39, 0.29) is 5.82 Å². The lowest BCUT2D eigenvalue weighted by Crippen LogP contribution is -1.89. The molecule has 76 valence electrons. The maximum atomic E-state index is 12.6. The molecule has 2 aromatic rings. The van der Waals surface area contributed by atoms with Crippen LogP contribution in [0.25, 0.3) is 0 Å². The van der Waals surface area contributed by atoms with Gasteiger partial charge in [-0.15, -0.1) is 0 Å². The van der Waals surface area contributed by atoms with E-state index in [0.717, 1.165) is 5.69 Å². The zero-order chi connectivity index (χ0) is 10.7. The molecule has 0 N–H and O–H groups in total. The van der Waals surface area contributed by atoms with Crippen LogP contribution in [0.2, 0.25) is 0 Å². The van der Waals surface area contributed by atoms with E-state index in [1.54, 1.807) is 24.4 Å². The Morgan fingerprint density at radius 2 is 1.87 bits per heavy atom. The van der Waals surface area contributed by atoms with E-state index in [1.165, 1.54) is 12.1 Å². The van der Waals surface area contributed by atoms with Crippen LogP contribution in [0.3, 0.4) is 0 Å². The zero-order valence-electron chi connectivity index (χ0n) is 8.27. The van der Waals surface area contributed by atoms with E-state index < -0.39 is 0 Å². The Morgan fingerprint density at radius 3 is 2.53 bits per heavy atom. The van der Waals surface area contributed by atoms with Gasteiger partial charge in [0.25, 0.3) is 0 Å². The van der Waals surface area contributed by atoms with Gasteiger partial charge in [-0.2, -0.15) is 0 Å². The standard InChI is InChI=1S/C12H10FNO/c1-9-12(3-2-8-14-9)15-11-6-4-10(13)5-7-11/h2-8H,1H3. The van der Waals surface area contributed by atoms with Gasteiger partial charge in [-0.05, 0) is 43.3 Å². The predicted molar refractivity (Wildman–Crippen MR) is 55.4 cm³/mol. The summed E-state index contributed by atoms with van der Waals surface area (Å²) >= 11 is 0. The Morgan fingerprint density at radius 1 is 1.13 bits per heavy atom. The van der Waals surface area contributed by atoms with E-state index in [1.807, 2.05) is 13.0 Å². The molecule has 0 fully saturated rings. The molecule has 0 aliphatic carbocycles. The molecule has 0 amide bonds. The lowest BCUT2D eigenvalue weighted by Gasteiger charge is -2.06. The van der Waals surface area contributed by atoms with Crippen LogP contribution in [0.1, 0.15) is 5.69 Å². The number of benzene rings is 1. The second kappa shape index (κ2) is 4.09. The van der Waals surface area contributed by atoms with Crippen LogP contribution < -0.4 is 4.74 Å². The molecule has 0 atom stereocenters. The quantitative estimate of drug-likeness (QED) is 0.746. The number of aromatic nitrogens is 1. The summed E-state index contributed by atoms with van der Waals surface area (Å²) < 4.78 is 18.2. The van der Waals surface area contributed by atoms with E-state index >= 15 is 0 Å². The van der Waals surface area contributed by atoms with Crippen molar-refractivity contribution in [3.63, 3.8) is 0 Å². The number of rotatable bonds is 2. The molecule has 2 rings (SSSR count). The molecule has 0 bridgehead atoms. The smallest absolute Gasteiger partial charge is 0.148 e. The summed E-state index contributed by atoms with van der Waals surface area (Å²) in [5.41, 5.74) is 0.807. The van der Waals surface area contributed by atoms with Gasteiger partial charge >= 0.3 is 0 Å². The Balaban J connectivity index is 2.22. The van der Waals surface area contributed by atoms with Crippen LogP contribution in [0.15, 0.2) is 42.6 Å². The van der Waals surface area contributed by atoms with Gasteiger partial charge in [0, 0.05) is 6.20 Å². The highest BCUT2D eigenvalue weighted by atomic mass is 19.1. The number of hydrogen-bond donors (Lipinski definition) is 0. The molecule has 1 aromatic heterocycles. The highest BCUT2D eigenvalue weighted by Crippen LogP contribution is 2.22. The van der Waals surface area contributed by atoms with Gasteiger partial charge in [0.15, 0.2) is 0 Å². The molecule has 3 heteroatoms. The summed E-state index contributed by atoms with van der Waals surface area (Å²) in [5, 5.41) is 0. The minimum absolute atomic E-state index is 0.273. The van der Waals surface area contributed by atoms with Crippen molar-refractivity contribution in [2.24, 2.45) is 0 Å². The number of aryl methyl sites for hydroxylation is 1. The van der Waals surface area contributed by atoms with Crippen molar-refractivity contribution in [1.29, 1.82) is 0 Å². The number of nitrogens with zero attached hydrogens (tertiary/aromatic N) is 1. The molecule has 0 radical (unpaired) electrons. The molecule has 0 saturated carbocycles. The Hall–Kier alpha value is -1.90. The minimum atomic E-state index is -0.273. The van der Waals surface area contributed by atoms with Gasteiger partial charge in [-0.1, -0.05) is 0 Å². The van der Waals surface area contributed by atoms with Crippen LogP contribution in [0, 0.1) is 12.7 Å². The van der Waals surface area contributed by atoms with E-state index in [9.17, 15) is 4.39 Å². The van der Waals surface area contributed by atoms with Gasteiger partial charge in [-0.25, -0.2) is 4.39 Å². The first kappa shape index (κ1) is 9.65. The molecule has 2 nitrogen and oxygen atoms in total. The summed E-state index contributed by atoms with van der Waals surface area (Å²) in [6.07, 6.45) is 1.70. The van der Waals surface area contributed by atoms with Crippen molar-refractivity contribution < 1.29 is 9.13 Å². The highest BCUT2D eigenvalue weighted by molar-refractivity contribution is 5.33. The van der Waals surface area contributed by atoms with E-state index in [4.69, 9.17) is 4.74 Å². The maximum absolute atomic E-state index is 12.6. The third kappa shape index (κ3) is 2.31. The van der Waals surface area contributed by atoms with Gasteiger partial charge in [-0.3, -0.25) is 4.98 Å². The van der Waals surface area contributed by atoms with Crippen LogP contribution in [0.5, 0.6) is 11.5 Å². The maximum Gasteiger partial charge on any atom is 0.148 e. The fourth-order valence-electron chi connectivity index (χ4n) is 1.21. The summed E-state index contributed by atoms with van der Waals surface area (Å²) in [4.78, 5) is 4.09. The molecule has 15 heavy (non-hydrogen) atoms. The highest BCUT2D eigenvalue weighted by Gasteiger charge is 2.00. The average Bonchev–Trinajstić information content (AvgIpc) is 2.25. The van der Waals surface area contributed by atoms with E-state index in [2.05, 4.69) is 4.98 Å². The average molecular weight is 203 g/mol. The molecule has 1 heterocycles. The van der Waals surface area contributed by atoms with E-state index in [0.29, 0.717) is 11.5 Å². The predicted octanol–water partition coefficient (Wildman–Crippen LogP) is 3.32. The Bertz CT molecular complexity index is 453. The SMILES string of the molecule is Cc1ncccc1Oc1ccc(F)cc1. The first-order valence-corrected chi connectivity index (χ1v) is 4.61. The molecular weight excluding hydrogens is 193 g/mol. The molecular formula is C12H10FNO. The zero-order valence-corrected chi connectivity index (χ0v) is 8.27. The molecule has 0 aliphatic heterocycles. The van der Waals surface area contributed by atoms with Crippen LogP contribution in [-0.4, -0.2) is 4.98 Å². The monoisotopic (exact) mass is 203 g/mol. The fraction of sp³-hybridized carbons (Fsp3) is 0.0833. The number of pyridine rings is 1. The van der Waals surface area contributed by atoms with Crippen molar-refractivity contribution in [2.75, 3.05) is 0 Å². The Kier molecular flexibility index (Phi) is 2.63. The van der Waals surface area contributed by atoms with Gasteiger partial charge in [0.05, 0.1) is 5.69 Å². The van der Waals surface area contributed by atoms with Crippen molar-refractivity contribution in [1.82, 2.24) is 4.98 Å². The second-order valence-electron chi connectivity index (χ2n) is 3.14. The van der Waals surface area contributed by atoms with Crippen LogP contribution in [0.4, 0.5) is 4.39 Å². The first-order valence-electron chi connectivity index (χ1n) is 4.61. The summed E-state index contributed by atoms with van der Waals surface area (Å²) in [6, 6.07) is 9.52. The summed E-state index contributed by atoms with van der Waals surface area (Å²) in [7, 11) is 0. The Labute approximate surface area is 87.4 Å². The molecule has 0 aliphatic rings. The third-order valence-corrected chi connectivity index (χ3v) is 2.00. The topological polar surface area (TPSA) is 22.1 Å². The summed E-state index contributed by atoms with van der Waals surface area (Å²) in [5.74, 6) is 1.02. The van der Waals surface area contributed by atoms with Crippen molar-refractivity contribution in [2.45, 2.75) is 6.92 Å². The van der Waals surface area contributed by atoms with Gasteiger partial charge in [0.1, 0.15) is 17.3 Å². The summed E-state index contributed by atoms with van der Waals surface area (Å²) in [6.45, 7) is 1.86. The van der Waals surface area contributed by atoms with Crippen molar-refractivity contribution in [3.05, 3.63) is 54.1 Å². The second-order valence-corrected chi connectivity index (χ2v) is 3.14.